The van der Waals surface area contributed by atoms with Crippen molar-refractivity contribution in [1.82, 2.24) is 15.2 Å². The van der Waals surface area contributed by atoms with E-state index in [-0.39, 0.29) is 18.3 Å². The van der Waals surface area contributed by atoms with Crippen LogP contribution in [-0.4, -0.2) is 65.6 Å². The van der Waals surface area contributed by atoms with Gasteiger partial charge in [0.1, 0.15) is 0 Å². The molecule has 3 N–H and O–H groups in total. The summed E-state index contributed by atoms with van der Waals surface area (Å²) in [5.74, 6) is 0.309. The minimum absolute atomic E-state index is 0.234. The topological polar surface area (TPSA) is 104 Å². The Labute approximate surface area is 176 Å². The van der Waals surface area contributed by atoms with E-state index >= 15 is 0 Å². The SMILES string of the molecule is CC(=O)Nc1ncccc1OC(C=O)CNCC(O)CN1CCc2ccccc2C1. The molecule has 30 heavy (non-hydrogen) atoms. The normalized spacial score (nSPS) is 15.7. The Morgan fingerprint density at radius 1 is 1.27 bits per heavy atom. The molecule has 1 aromatic heterocycles. The van der Waals surface area contributed by atoms with Gasteiger partial charge in [-0.2, -0.15) is 0 Å². The number of benzene rings is 1. The van der Waals surface area contributed by atoms with E-state index in [1.807, 2.05) is 6.07 Å². The van der Waals surface area contributed by atoms with Crippen molar-refractivity contribution >= 4 is 18.0 Å². The minimum atomic E-state index is -0.768. The fourth-order valence-electron chi connectivity index (χ4n) is 3.49. The molecule has 2 aromatic rings. The summed E-state index contributed by atoms with van der Waals surface area (Å²) in [4.78, 5) is 29.0. The first-order valence-corrected chi connectivity index (χ1v) is 10.1. The van der Waals surface area contributed by atoms with Crippen LogP contribution in [0.3, 0.4) is 0 Å². The number of nitrogens with one attached hydrogen (secondary N) is 2. The smallest absolute Gasteiger partial charge is 0.222 e. The van der Waals surface area contributed by atoms with Crippen LogP contribution in [0.4, 0.5) is 5.82 Å². The molecule has 0 bridgehead atoms. The van der Waals surface area contributed by atoms with Gasteiger partial charge in [-0.1, -0.05) is 24.3 Å². The Morgan fingerprint density at radius 2 is 2.07 bits per heavy atom. The molecule has 0 fully saturated rings. The van der Waals surface area contributed by atoms with Crippen LogP contribution in [0, 0.1) is 0 Å². The molecule has 0 saturated heterocycles. The van der Waals surface area contributed by atoms with Crippen molar-refractivity contribution in [1.29, 1.82) is 0 Å². The van der Waals surface area contributed by atoms with E-state index in [4.69, 9.17) is 4.74 Å². The zero-order valence-electron chi connectivity index (χ0n) is 17.1. The number of carbonyl (C=O) groups excluding carboxylic acids is 2. The van der Waals surface area contributed by atoms with Crippen molar-refractivity contribution in [2.75, 3.05) is 31.5 Å². The Morgan fingerprint density at radius 3 is 2.83 bits per heavy atom. The molecule has 8 heteroatoms. The van der Waals surface area contributed by atoms with Gasteiger partial charge in [0.15, 0.2) is 24.0 Å². The Kier molecular flexibility index (Phi) is 7.89. The van der Waals surface area contributed by atoms with Crippen molar-refractivity contribution in [3.63, 3.8) is 0 Å². The summed E-state index contributed by atoms with van der Waals surface area (Å²) in [5, 5.41) is 16.0. The lowest BCUT2D eigenvalue weighted by Gasteiger charge is -2.30. The number of fused-ring (bicyclic) bond motifs is 1. The Balaban J connectivity index is 1.44. The van der Waals surface area contributed by atoms with Crippen molar-refractivity contribution in [2.24, 2.45) is 0 Å². The number of anilines is 1. The van der Waals surface area contributed by atoms with E-state index < -0.39 is 12.2 Å². The van der Waals surface area contributed by atoms with Gasteiger partial charge in [-0.25, -0.2) is 4.98 Å². The molecule has 3 rings (SSSR count). The van der Waals surface area contributed by atoms with Gasteiger partial charge < -0.3 is 20.5 Å². The highest BCUT2D eigenvalue weighted by Gasteiger charge is 2.19. The second kappa shape index (κ2) is 10.8. The number of ether oxygens (including phenoxy) is 1. The number of aliphatic hydroxyl groups is 1. The van der Waals surface area contributed by atoms with E-state index in [0.717, 1.165) is 19.5 Å². The number of rotatable bonds is 10. The number of hydrogen-bond donors (Lipinski definition) is 3. The highest BCUT2D eigenvalue weighted by atomic mass is 16.5. The van der Waals surface area contributed by atoms with Gasteiger partial charge in [0.05, 0.1) is 6.10 Å². The number of carbonyl (C=O) groups is 2. The third-order valence-electron chi connectivity index (χ3n) is 4.90. The molecule has 1 aliphatic heterocycles. The molecule has 1 aliphatic rings. The number of pyridine rings is 1. The molecule has 0 aliphatic carbocycles. The molecule has 1 amide bonds. The highest BCUT2D eigenvalue weighted by Crippen LogP contribution is 2.22. The van der Waals surface area contributed by atoms with Crippen molar-refractivity contribution < 1.29 is 19.4 Å². The second-order valence-electron chi connectivity index (χ2n) is 7.39. The molecule has 0 saturated carbocycles. The van der Waals surface area contributed by atoms with Crippen LogP contribution in [0.1, 0.15) is 18.1 Å². The molecular weight excluding hydrogens is 384 g/mol. The van der Waals surface area contributed by atoms with Crippen LogP contribution in [0.25, 0.3) is 0 Å². The zero-order valence-corrected chi connectivity index (χ0v) is 17.1. The molecule has 2 atom stereocenters. The third kappa shape index (κ3) is 6.35. The van der Waals surface area contributed by atoms with E-state index in [1.54, 1.807) is 12.1 Å². The molecule has 2 heterocycles. The number of aliphatic hydroxyl groups excluding tert-OH is 1. The van der Waals surface area contributed by atoms with Crippen LogP contribution < -0.4 is 15.4 Å². The molecule has 2 unspecified atom stereocenters. The summed E-state index contributed by atoms with van der Waals surface area (Å²) in [5.41, 5.74) is 2.69. The fourth-order valence-corrected chi connectivity index (χ4v) is 3.49. The van der Waals surface area contributed by atoms with E-state index in [2.05, 4.69) is 38.7 Å². The van der Waals surface area contributed by atoms with Crippen molar-refractivity contribution in [3.8, 4) is 5.75 Å². The Hall–Kier alpha value is -2.81. The lowest BCUT2D eigenvalue weighted by Crippen LogP contribution is -2.43. The van der Waals surface area contributed by atoms with Crippen LogP contribution in [0.2, 0.25) is 0 Å². The maximum absolute atomic E-state index is 11.4. The number of aldehydes is 1. The van der Waals surface area contributed by atoms with Crippen LogP contribution in [0.15, 0.2) is 42.6 Å². The van der Waals surface area contributed by atoms with Gasteiger partial charge in [-0.05, 0) is 29.7 Å². The molecule has 0 radical (unpaired) electrons. The summed E-state index contributed by atoms with van der Waals surface area (Å²) in [7, 11) is 0. The van der Waals surface area contributed by atoms with Gasteiger partial charge in [0, 0.05) is 45.8 Å². The number of amides is 1. The lowest BCUT2D eigenvalue weighted by atomic mass is 10.00. The second-order valence-corrected chi connectivity index (χ2v) is 7.39. The summed E-state index contributed by atoms with van der Waals surface area (Å²) in [6.07, 6.45) is 1.87. The van der Waals surface area contributed by atoms with Crippen molar-refractivity contribution in [2.45, 2.75) is 32.1 Å². The maximum Gasteiger partial charge on any atom is 0.222 e. The maximum atomic E-state index is 11.4. The lowest BCUT2D eigenvalue weighted by molar-refractivity contribution is -0.114. The largest absolute Gasteiger partial charge is 0.478 e. The fraction of sp³-hybridized carbons (Fsp3) is 0.409. The number of nitrogens with zero attached hydrogens (tertiary/aromatic N) is 2. The predicted octanol–water partition coefficient (Wildman–Crippen LogP) is 0.995. The first-order valence-electron chi connectivity index (χ1n) is 10.1. The predicted molar refractivity (Wildman–Crippen MR) is 113 cm³/mol. The average Bonchev–Trinajstić information content (AvgIpc) is 2.73. The first kappa shape index (κ1) is 21.9. The molecule has 8 nitrogen and oxygen atoms in total. The summed E-state index contributed by atoms with van der Waals surface area (Å²) in [6.45, 7) is 4.26. The number of hydrogen-bond acceptors (Lipinski definition) is 7. The summed E-state index contributed by atoms with van der Waals surface area (Å²) in [6, 6.07) is 11.7. The number of β-amino-alcohol motifs (C(OH)–C–C–N with tert-alkyl or cyclic N) is 1. The molecular formula is C22H28N4O4. The van der Waals surface area contributed by atoms with E-state index in [1.165, 1.54) is 24.2 Å². The van der Waals surface area contributed by atoms with Crippen LogP contribution in [0.5, 0.6) is 5.75 Å². The summed E-state index contributed by atoms with van der Waals surface area (Å²) < 4.78 is 5.67. The minimum Gasteiger partial charge on any atom is -0.478 e. The molecule has 1 aromatic carbocycles. The van der Waals surface area contributed by atoms with Gasteiger partial charge in [-0.15, -0.1) is 0 Å². The van der Waals surface area contributed by atoms with Gasteiger partial charge >= 0.3 is 0 Å². The van der Waals surface area contributed by atoms with Crippen LogP contribution in [-0.2, 0) is 22.6 Å². The third-order valence-corrected chi connectivity index (χ3v) is 4.90. The van der Waals surface area contributed by atoms with E-state index in [0.29, 0.717) is 25.1 Å². The average molecular weight is 412 g/mol. The van der Waals surface area contributed by atoms with E-state index in [9.17, 15) is 14.7 Å². The van der Waals surface area contributed by atoms with Gasteiger partial charge in [-0.3, -0.25) is 14.5 Å². The monoisotopic (exact) mass is 412 g/mol. The van der Waals surface area contributed by atoms with Gasteiger partial charge in [0.25, 0.3) is 0 Å². The standard InChI is InChI=1S/C22H28N4O4/c1-16(28)25-22-21(7-4-9-24-22)30-20(15-27)12-23-11-19(29)14-26-10-8-17-5-2-3-6-18(17)13-26/h2-7,9,15,19-20,23,29H,8,10-14H2,1H3,(H,24,25,28). The molecule has 160 valence electrons. The van der Waals surface area contributed by atoms with Crippen molar-refractivity contribution in [3.05, 3.63) is 53.7 Å². The van der Waals surface area contributed by atoms with Crippen LogP contribution >= 0.6 is 0 Å². The zero-order chi connectivity index (χ0) is 21.3. The summed E-state index contributed by atoms with van der Waals surface area (Å²) >= 11 is 0. The first-order chi connectivity index (χ1) is 14.5. The number of aromatic nitrogens is 1. The quantitative estimate of drug-likeness (QED) is 0.500. The molecule has 0 spiro atoms. The van der Waals surface area contributed by atoms with Gasteiger partial charge in [0.2, 0.25) is 5.91 Å². The Bertz CT molecular complexity index is 861. The highest BCUT2D eigenvalue weighted by molar-refractivity contribution is 5.89.